The number of rotatable bonds is 8. The van der Waals surface area contributed by atoms with Crippen molar-refractivity contribution in [1.82, 2.24) is 0 Å². The summed E-state index contributed by atoms with van der Waals surface area (Å²) in [4.78, 5) is 7.95. The Balaban J connectivity index is 1.40. The Hall–Kier alpha value is -4.38. The fourth-order valence-electron chi connectivity index (χ4n) is 7.41. The van der Waals surface area contributed by atoms with Gasteiger partial charge in [0.05, 0.1) is 5.41 Å². The van der Waals surface area contributed by atoms with E-state index in [1.165, 1.54) is 56.2 Å². The molecular weight excluding hydrogens is 566 g/mol. The van der Waals surface area contributed by atoms with Crippen molar-refractivity contribution in [2.75, 3.05) is 25.1 Å². The van der Waals surface area contributed by atoms with Crippen LogP contribution in [0.2, 0.25) is 0 Å². The van der Waals surface area contributed by atoms with Crippen LogP contribution in [0.15, 0.2) is 108 Å². The van der Waals surface area contributed by atoms with Crippen LogP contribution in [0.3, 0.4) is 0 Å². The molecule has 0 saturated heterocycles. The van der Waals surface area contributed by atoms with Gasteiger partial charge in [-0.25, -0.2) is 0 Å². The molecule has 0 bridgehead atoms. The Kier molecular flexibility index (Phi) is 8.30. The molecule has 238 valence electrons. The molecule has 5 heteroatoms. The molecule has 0 unspecified atom stereocenters. The third-order valence-electron chi connectivity index (χ3n) is 9.95. The molecule has 0 atom stereocenters. The zero-order valence-corrected chi connectivity index (χ0v) is 29.1. The maximum atomic E-state index is 6.73. The second-order valence-corrected chi connectivity index (χ2v) is 13.8. The molecule has 3 aliphatic rings. The zero-order chi connectivity index (χ0) is 32.8. The van der Waals surface area contributed by atoms with Crippen LogP contribution in [-0.4, -0.2) is 30.5 Å². The van der Waals surface area contributed by atoms with Gasteiger partial charge in [-0.15, -0.1) is 0 Å². The third kappa shape index (κ3) is 5.50. The lowest BCUT2D eigenvalue weighted by Gasteiger charge is -2.24. The Morgan fingerprint density at radius 3 is 2.22 bits per heavy atom. The van der Waals surface area contributed by atoms with Crippen LogP contribution in [0, 0.1) is 13.8 Å². The first-order chi connectivity index (χ1) is 21.9. The van der Waals surface area contributed by atoms with Gasteiger partial charge in [-0.1, -0.05) is 49.2 Å². The Morgan fingerprint density at radius 2 is 1.52 bits per heavy atom. The van der Waals surface area contributed by atoms with Crippen molar-refractivity contribution in [3.8, 4) is 5.75 Å². The van der Waals surface area contributed by atoms with Gasteiger partial charge in [0.25, 0.3) is 0 Å². The van der Waals surface area contributed by atoms with Gasteiger partial charge in [0, 0.05) is 58.4 Å². The van der Waals surface area contributed by atoms with Gasteiger partial charge in [-0.2, -0.15) is 4.58 Å². The van der Waals surface area contributed by atoms with Gasteiger partial charge in [-0.3, -0.25) is 4.84 Å². The van der Waals surface area contributed by atoms with E-state index in [0.29, 0.717) is 6.61 Å². The van der Waals surface area contributed by atoms with Crippen molar-refractivity contribution in [2.24, 2.45) is 0 Å². The quantitative estimate of drug-likeness (QED) is 0.239. The Bertz CT molecular complexity index is 1830. The normalized spacial score (nSPS) is 20.0. The maximum absolute atomic E-state index is 6.73. The van der Waals surface area contributed by atoms with Gasteiger partial charge in [0.2, 0.25) is 18.1 Å². The average Bonchev–Trinajstić information content (AvgIpc) is 3.56. The van der Waals surface area contributed by atoms with E-state index in [-0.39, 0.29) is 10.8 Å². The number of anilines is 1. The molecule has 0 N–H and O–H groups in total. The molecule has 5 nitrogen and oxygen atoms in total. The van der Waals surface area contributed by atoms with Gasteiger partial charge in [0.15, 0.2) is 12.3 Å². The van der Waals surface area contributed by atoms with Crippen LogP contribution in [0.25, 0.3) is 0 Å². The fraction of sp³-hybridized carbons (Fsp3) is 0.366. The molecule has 0 spiro atoms. The molecule has 0 saturated carbocycles. The summed E-state index contributed by atoms with van der Waals surface area (Å²) in [5, 5.41) is 0. The van der Waals surface area contributed by atoms with Crippen LogP contribution in [-0.2, 0) is 10.8 Å². The Labute approximate surface area is 275 Å². The molecular formula is C41H49N3O2+2. The van der Waals surface area contributed by atoms with E-state index in [2.05, 4.69) is 126 Å². The van der Waals surface area contributed by atoms with Crippen molar-refractivity contribution in [2.45, 2.75) is 79.1 Å². The van der Waals surface area contributed by atoms with E-state index in [0.717, 1.165) is 30.9 Å². The topological polar surface area (TPSA) is 28.6 Å². The highest BCUT2D eigenvalue weighted by molar-refractivity contribution is 6.03. The highest BCUT2D eigenvalue weighted by Gasteiger charge is 2.44. The molecule has 46 heavy (non-hydrogen) atoms. The lowest BCUT2D eigenvalue weighted by molar-refractivity contribution is -0.890. The molecule has 0 radical (unpaired) electrons. The minimum Gasteiger partial charge on any atom is -0.456 e. The molecule has 2 aliphatic heterocycles. The van der Waals surface area contributed by atoms with Crippen molar-refractivity contribution in [3.63, 3.8) is 0 Å². The molecule has 1 aromatic heterocycles. The molecule has 0 amide bonds. The number of likely N-dealkylation sites (N-methyl/N-ethyl adjacent to an activating group) is 1. The van der Waals surface area contributed by atoms with E-state index in [9.17, 15) is 0 Å². The molecule has 3 heterocycles. The predicted octanol–water partition coefficient (Wildman–Crippen LogP) is 8.36. The SMILES string of the molecule is CCO[n+]1ccc(OC2=C(/C=C/C3=[N+](CC)c4ccc(C)cc4C3(C)C)CC/C2=C\C=C2\N(C)c3ccc(C)cc3C2(C)C)cc1. The highest BCUT2D eigenvalue weighted by atomic mass is 16.7. The first-order valence-electron chi connectivity index (χ1n) is 16.7. The first-order valence-corrected chi connectivity index (χ1v) is 16.7. The molecule has 6 rings (SSSR count). The maximum Gasteiger partial charge on any atom is 0.226 e. The molecule has 3 aromatic rings. The number of nitrogens with zero attached hydrogens (tertiary/aromatic N) is 3. The average molecular weight is 616 g/mol. The van der Waals surface area contributed by atoms with Crippen molar-refractivity contribution in [3.05, 3.63) is 130 Å². The van der Waals surface area contributed by atoms with Gasteiger partial charge in [0.1, 0.15) is 18.1 Å². The molecule has 1 aliphatic carbocycles. The number of pyridine rings is 1. The summed E-state index contributed by atoms with van der Waals surface area (Å²) in [5.74, 6) is 1.74. The summed E-state index contributed by atoms with van der Waals surface area (Å²) in [6, 6.07) is 17.6. The minimum atomic E-state index is -0.0900. The molecule has 0 fully saturated rings. The number of aromatic nitrogens is 1. The number of allylic oxidation sites excluding steroid dienone is 7. The first kappa shape index (κ1) is 31.6. The van der Waals surface area contributed by atoms with Crippen LogP contribution in [0.4, 0.5) is 11.4 Å². The monoisotopic (exact) mass is 615 g/mol. The van der Waals surface area contributed by atoms with Gasteiger partial charge in [-0.05, 0) is 95.4 Å². The summed E-state index contributed by atoms with van der Waals surface area (Å²) in [6.45, 7) is 19.4. The highest BCUT2D eigenvalue weighted by Crippen LogP contribution is 2.47. The van der Waals surface area contributed by atoms with E-state index in [1.807, 2.05) is 31.5 Å². The Morgan fingerprint density at radius 1 is 0.826 bits per heavy atom. The number of hydrogen-bond acceptors (Lipinski definition) is 3. The summed E-state index contributed by atoms with van der Waals surface area (Å²) in [5.41, 5.74) is 12.8. The van der Waals surface area contributed by atoms with Crippen molar-refractivity contribution >= 4 is 17.1 Å². The second-order valence-electron chi connectivity index (χ2n) is 13.8. The summed E-state index contributed by atoms with van der Waals surface area (Å²) in [7, 11) is 2.18. The largest absolute Gasteiger partial charge is 0.456 e. The number of benzene rings is 2. The van der Waals surface area contributed by atoms with Gasteiger partial charge < -0.3 is 9.64 Å². The number of hydrogen-bond donors (Lipinski definition) is 0. The van der Waals surface area contributed by atoms with Crippen LogP contribution >= 0.6 is 0 Å². The predicted molar refractivity (Wildman–Crippen MR) is 188 cm³/mol. The van der Waals surface area contributed by atoms with Crippen LogP contribution in [0.1, 0.15) is 76.6 Å². The van der Waals surface area contributed by atoms with Crippen LogP contribution < -0.4 is 19.2 Å². The van der Waals surface area contributed by atoms with E-state index in [4.69, 9.17) is 9.57 Å². The summed E-state index contributed by atoms with van der Waals surface area (Å²) < 4.78 is 10.9. The lowest BCUT2D eigenvalue weighted by atomic mass is 9.80. The van der Waals surface area contributed by atoms with Gasteiger partial charge >= 0.3 is 0 Å². The van der Waals surface area contributed by atoms with E-state index >= 15 is 0 Å². The summed E-state index contributed by atoms with van der Waals surface area (Å²) in [6.07, 6.45) is 14.9. The standard InChI is InChI=1S/C41H49N3O2/c1-10-44-36-19-13-29(4)27-34(36)41(7,8)38(44)21-17-31-15-14-30(39(31)46-32-22-24-43(25-23-32)45-11-2)16-20-37-40(5,6)33-26-28(3)12-18-35(33)42(37)9/h12-13,16-27H,10-11,14-15H2,1-9H3/q+2. The number of aryl methyl sites for hydroxylation is 2. The van der Waals surface area contributed by atoms with Crippen molar-refractivity contribution < 1.29 is 18.9 Å². The third-order valence-corrected chi connectivity index (χ3v) is 9.95. The second kappa shape index (κ2) is 12.1. The number of fused-ring (bicyclic) bond motifs is 2. The smallest absolute Gasteiger partial charge is 0.226 e. The van der Waals surface area contributed by atoms with Crippen molar-refractivity contribution in [1.29, 1.82) is 0 Å². The number of ether oxygens (including phenoxy) is 1. The van der Waals surface area contributed by atoms with E-state index < -0.39 is 0 Å². The minimum absolute atomic E-state index is 0.0878. The lowest BCUT2D eigenvalue weighted by Crippen LogP contribution is -2.41. The molecule has 2 aromatic carbocycles. The summed E-state index contributed by atoms with van der Waals surface area (Å²) >= 11 is 0. The van der Waals surface area contributed by atoms with E-state index in [1.54, 1.807) is 4.73 Å². The fourth-order valence-corrected chi connectivity index (χ4v) is 7.41. The van der Waals surface area contributed by atoms with Crippen LogP contribution in [0.5, 0.6) is 5.75 Å². The zero-order valence-electron chi connectivity index (χ0n) is 29.1.